The molecule has 0 N–H and O–H groups in total. The summed E-state index contributed by atoms with van der Waals surface area (Å²) in [5.41, 5.74) is 4.50. The van der Waals surface area contributed by atoms with Crippen LogP contribution >= 0.6 is 11.8 Å². The van der Waals surface area contributed by atoms with Gasteiger partial charge in [0.25, 0.3) is 5.91 Å². The summed E-state index contributed by atoms with van der Waals surface area (Å²) in [6.45, 7) is 0.523. The fourth-order valence-electron chi connectivity index (χ4n) is 7.05. The van der Waals surface area contributed by atoms with Crippen LogP contribution in [0.4, 0.5) is 0 Å². The monoisotopic (exact) mass is 560 g/mol. The number of aliphatic imine (C=N–C) groups is 1. The van der Waals surface area contributed by atoms with Gasteiger partial charge in [-0.05, 0) is 79.3 Å². The molecule has 7 rings (SSSR count). The van der Waals surface area contributed by atoms with Crippen molar-refractivity contribution in [2.45, 2.75) is 68.9 Å². The Morgan fingerprint density at radius 1 is 0.951 bits per heavy atom. The van der Waals surface area contributed by atoms with Crippen molar-refractivity contribution in [3.63, 3.8) is 0 Å². The highest BCUT2D eigenvalue weighted by molar-refractivity contribution is 8.13. The lowest BCUT2D eigenvalue weighted by atomic mass is 9.61. The standard InChI is InChI=1S/C36H36N2O2S/c1-40-31-18-20-35(21-19-31)23-30-17-16-27(15-14-26-12-13-26)22-32(30)36(35)33(39)38(24-28-8-4-2-5-9-28)34(37-36)41-25-29-10-6-3-7-11-29/h2-11,16-17,22,26,31H,12-13,18-21,23-25H2,1H3. The van der Waals surface area contributed by atoms with Crippen LogP contribution in [-0.4, -0.2) is 29.2 Å². The number of hydrogen-bond acceptors (Lipinski definition) is 4. The van der Waals surface area contributed by atoms with Gasteiger partial charge >= 0.3 is 0 Å². The van der Waals surface area contributed by atoms with E-state index in [9.17, 15) is 0 Å². The van der Waals surface area contributed by atoms with E-state index >= 15 is 4.79 Å². The Balaban J connectivity index is 1.34. The predicted octanol–water partition coefficient (Wildman–Crippen LogP) is 7.11. The molecule has 3 aliphatic carbocycles. The molecule has 208 valence electrons. The number of amides is 1. The molecule has 1 heterocycles. The molecule has 1 amide bonds. The van der Waals surface area contributed by atoms with Crippen LogP contribution in [-0.2, 0) is 33.8 Å². The number of amidine groups is 1. The van der Waals surface area contributed by atoms with Crippen LogP contribution in [0.5, 0.6) is 0 Å². The molecule has 0 saturated heterocycles. The van der Waals surface area contributed by atoms with E-state index < -0.39 is 5.54 Å². The van der Waals surface area contributed by atoms with Crippen LogP contribution in [0.2, 0.25) is 0 Å². The van der Waals surface area contributed by atoms with E-state index in [4.69, 9.17) is 9.73 Å². The van der Waals surface area contributed by atoms with Crippen LogP contribution in [0.3, 0.4) is 0 Å². The van der Waals surface area contributed by atoms with Crippen LogP contribution < -0.4 is 0 Å². The van der Waals surface area contributed by atoms with E-state index in [2.05, 4.69) is 66.4 Å². The Hall–Kier alpha value is -3.33. The molecule has 1 atom stereocenters. The van der Waals surface area contributed by atoms with Gasteiger partial charge in [0.1, 0.15) is 0 Å². The Bertz CT molecular complexity index is 1530. The van der Waals surface area contributed by atoms with Gasteiger partial charge in [0.2, 0.25) is 0 Å². The lowest BCUT2D eigenvalue weighted by Crippen LogP contribution is -2.51. The van der Waals surface area contributed by atoms with Gasteiger partial charge in [0.05, 0.1) is 12.6 Å². The van der Waals surface area contributed by atoms with E-state index in [-0.39, 0.29) is 17.4 Å². The number of rotatable bonds is 5. The highest BCUT2D eigenvalue weighted by atomic mass is 32.2. The molecule has 41 heavy (non-hydrogen) atoms. The topological polar surface area (TPSA) is 41.9 Å². The van der Waals surface area contributed by atoms with Gasteiger partial charge < -0.3 is 4.74 Å². The number of fused-ring (bicyclic) bond motifs is 3. The number of carbonyl (C=O) groups excluding carboxylic acids is 1. The number of ether oxygens (including phenoxy) is 1. The van der Waals surface area contributed by atoms with Crippen molar-refractivity contribution in [3.8, 4) is 11.8 Å². The minimum Gasteiger partial charge on any atom is -0.381 e. The molecule has 3 aromatic carbocycles. The second kappa shape index (κ2) is 10.8. The van der Waals surface area contributed by atoms with Crippen molar-refractivity contribution in [2.24, 2.45) is 16.3 Å². The zero-order valence-corrected chi connectivity index (χ0v) is 24.5. The van der Waals surface area contributed by atoms with Crippen LogP contribution in [0.15, 0.2) is 83.9 Å². The quantitative estimate of drug-likeness (QED) is 0.313. The summed E-state index contributed by atoms with van der Waals surface area (Å²) in [6.07, 6.45) is 7.27. The van der Waals surface area contributed by atoms with Gasteiger partial charge in [-0.1, -0.05) is 90.3 Å². The first kappa shape index (κ1) is 26.6. The van der Waals surface area contributed by atoms with Crippen LogP contribution in [0, 0.1) is 23.2 Å². The largest absolute Gasteiger partial charge is 0.381 e. The summed E-state index contributed by atoms with van der Waals surface area (Å²) < 4.78 is 5.78. The SMILES string of the molecule is COC1CCC2(CC1)Cc1ccc(C#CC3CC3)cc1C21N=C(SCc2ccccc2)N(Cc2ccccc2)C1=O. The summed E-state index contributed by atoms with van der Waals surface area (Å²) in [4.78, 5) is 22.6. The fraction of sp³-hybridized carbons (Fsp3) is 0.389. The molecule has 0 bridgehead atoms. The smallest absolute Gasteiger partial charge is 0.262 e. The first-order valence-electron chi connectivity index (χ1n) is 14.9. The average Bonchev–Trinajstić information content (AvgIpc) is 3.76. The minimum atomic E-state index is -0.924. The maximum Gasteiger partial charge on any atom is 0.262 e. The molecule has 2 spiro atoms. The Labute approximate surface area is 247 Å². The maximum absolute atomic E-state index is 15.1. The summed E-state index contributed by atoms with van der Waals surface area (Å²) in [5, 5.41) is 0.832. The third kappa shape index (κ3) is 4.82. The highest BCUT2D eigenvalue weighted by Crippen LogP contribution is 2.62. The van der Waals surface area contributed by atoms with Gasteiger partial charge in [0.15, 0.2) is 10.7 Å². The number of benzene rings is 3. The van der Waals surface area contributed by atoms with Crippen LogP contribution in [0.25, 0.3) is 0 Å². The summed E-state index contributed by atoms with van der Waals surface area (Å²) in [5.74, 6) is 8.27. The second-order valence-electron chi connectivity index (χ2n) is 12.1. The number of thioether (sulfide) groups is 1. The van der Waals surface area contributed by atoms with E-state index in [0.29, 0.717) is 12.5 Å². The van der Waals surface area contributed by atoms with E-state index in [0.717, 1.165) is 59.7 Å². The predicted molar refractivity (Wildman–Crippen MR) is 165 cm³/mol. The lowest BCUT2D eigenvalue weighted by Gasteiger charge is -2.45. The van der Waals surface area contributed by atoms with Gasteiger partial charge in [0, 0.05) is 29.8 Å². The molecule has 0 aromatic heterocycles. The van der Waals surface area contributed by atoms with E-state index in [1.165, 1.54) is 24.0 Å². The second-order valence-corrected chi connectivity index (χ2v) is 13.0. The molecule has 1 unspecified atom stereocenters. The first-order valence-corrected chi connectivity index (χ1v) is 15.9. The number of carbonyl (C=O) groups is 1. The minimum absolute atomic E-state index is 0.124. The molecule has 0 radical (unpaired) electrons. The average molecular weight is 561 g/mol. The molecular formula is C36H36N2O2S. The van der Waals surface area contributed by atoms with E-state index in [1.54, 1.807) is 11.8 Å². The molecular weight excluding hydrogens is 524 g/mol. The maximum atomic E-state index is 15.1. The molecule has 2 fully saturated rings. The summed E-state index contributed by atoms with van der Waals surface area (Å²) in [7, 11) is 1.81. The zero-order valence-electron chi connectivity index (χ0n) is 23.6. The Morgan fingerprint density at radius 3 is 2.34 bits per heavy atom. The van der Waals surface area contributed by atoms with Crippen molar-refractivity contribution in [1.82, 2.24) is 4.90 Å². The normalized spacial score (nSPS) is 26.7. The number of hydrogen-bond donors (Lipinski definition) is 0. The molecule has 1 aliphatic heterocycles. The molecule has 4 aliphatic rings. The van der Waals surface area contributed by atoms with Crippen molar-refractivity contribution in [3.05, 3.63) is 107 Å². The fourth-order valence-corrected chi connectivity index (χ4v) is 8.04. The van der Waals surface area contributed by atoms with Gasteiger partial charge in [-0.3, -0.25) is 9.69 Å². The molecule has 4 nitrogen and oxygen atoms in total. The Kier molecular flexibility index (Phi) is 7.01. The third-order valence-electron chi connectivity index (χ3n) is 9.46. The first-order chi connectivity index (χ1) is 20.1. The van der Waals surface area contributed by atoms with Gasteiger partial charge in [-0.15, -0.1) is 0 Å². The van der Waals surface area contributed by atoms with Crippen molar-refractivity contribution in [2.75, 3.05) is 7.11 Å². The summed E-state index contributed by atoms with van der Waals surface area (Å²) >= 11 is 1.69. The van der Waals surface area contributed by atoms with E-state index in [1.807, 2.05) is 36.3 Å². The van der Waals surface area contributed by atoms with Crippen LogP contribution in [0.1, 0.15) is 66.3 Å². The third-order valence-corrected chi connectivity index (χ3v) is 10.5. The number of nitrogens with zero attached hydrogens (tertiary/aromatic N) is 2. The van der Waals surface area contributed by atoms with Gasteiger partial charge in [-0.25, -0.2) is 4.99 Å². The van der Waals surface area contributed by atoms with Crippen molar-refractivity contribution < 1.29 is 9.53 Å². The zero-order chi connectivity index (χ0) is 27.9. The van der Waals surface area contributed by atoms with Crippen molar-refractivity contribution >= 4 is 22.8 Å². The van der Waals surface area contributed by atoms with Crippen molar-refractivity contribution in [1.29, 1.82) is 0 Å². The lowest BCUT2D eigenvalue weighted by molar-refractivity contribution is -0.138. The highest BCUT2D eigenvalue weighted by Gasteiger charge is 2.66. The summed E-state index contributed by atoms with van der Waals surface area (Å²) in [6, 6.07) is 27.4. The Morgan fingerprint density at radius 2 is 1.66 bits per heavy atom. The van der Waals surface area contributed by atoms with Gasteiger partial charge in [-0.2, -0.15) is 0 Å². The number of methoxy groups -OCH3 is 1. The molecule has 5 heteroatoms. The molecule has 2 saturated carbocycles. The molecule has 3 aromatic rings.